The highest BCUT2D eigenvalue weighted by Gasteiger charge is 2.18. The van der Waals surface area contributed by atoms with Crippen LogP contribution in [-0.4, -0.2) is 23.1 Å². The van der Waals surface area contributed by atoms with Gasteiger partial charge in [-0.05, 0) is 50.8 Å². The second kappa shape index (κ2) is 7.98. The quantitative estimate of drug-likeness (QED) is 0.585. The van der Waals surface area contributed by atoms with E-state index in [1.165, 1.54) is 6.08 Å². The van der Waals surface area contributed by atoms with Gasteiger partial charge in [0.05, 0.1) is 18.3 Å². The maximum atomic E-state index is 10.6. The fourth-order valence-corrected chi connectivity index (χ4v) is 1.91. The minimum Gasteiger partial charge on any atom is -0.390 e. The van der Waals surface area contributed by atoms with E-state index < -0.39 is 5.60 Å². The van der Waals surface area contributed by atoms with Crippen LogP contribution >= 0.6 is 0 Å². The van der Waals surface area contributed by atoms with Crippen molar-refractivity contribution in [2.24, 2.45) is 0 Å². The first-order valence-corrected chi connectivity index (χ1v) is 6.92. The molecule has 0 aliphatic rings. The van der Waals surface area contributed by atoms with E-state index in [1.807, 2.05) is 37.3 Å². The third kappa shape index (κ3) is 6.64. The molecule has 0 aromatic heterocycles. The summed E-state index contributed by atoms with van der Waals surface area (Å²) in [4.78, 5) is 10.6. The average molecular weight is 276 g/mol. The van der Waals surface area contributed by atoms with E-state index in [2.05, 4.69) is 0 Å². The molecule has 110 valence electrons. The monoisotopic (exact) mass is 276 g/mol. The van der Waals surface area contributed by atoms with Gasteiger partial charge < -0.3 is 9.84 Å². The molecule has 1 N–H and O–H groups in total. The smallest absolute Gasteiger partial charge is 0.142 e. The summed E-state index contributed by atoms with van der Waals surface area (Å²) >= 11 is 0. The molecule has 0 fully saturated rings. The number of ether oxygens (including phenoxy) is 1. The standard InChI is InChI=1S/C17H24O3/c1-14(10-12-18)16(9-11-17(2,3)19)20-13-15-7-5-4-6-8-15/h4-8,10,12,16,19H,9,11,13H2,1-3H3/b14-10+/t16-/m0/s1. The summed E-state index contributed by atoms with van der Waals surface area (Å²) in [6.07, 6.45) is 3.47. The van der Waals surface area contributed by atoms with Crippen molar-refractivity contribution < 1.29 is 14.6 Å². The Morgan fingerprint density at radius 1 is 1.35 bits per heavy atom. The van der Waals surface area contributed by atoms with Gasteiger partial charge >= 0.3 is 0 Å². The third-order valence-corrected chi connectivity index (χ3v) is 3.15. The summed E-state index contributed by atoms with van der Waals surface area (Å²) in [6, 6.07) is 9.92. The lowest BCUT2D eigenvalue weighted by Crippen LogP contribution is -2.23. The van der Waals surface area contributed by atoms with E-state index in [1.54, 1.807) is 13.8 Å². The van der Waals surface area contributed by atoms with E-state index >= 15 is 0 Å². The molecule has 0 heterocycles. The van der Waals surface area contributed by atoms with Crippen LogP contribution in [-0.2, 0) is 16.1 Å². The number of hydrogen-bond donors (Lipinski definition) is 1. The van der Waals surface area contributed by atoms with Gasteiger partial charge in [-0.1, -0.05) is 30.3 Å². The number of benzene rings is 1. The topological polar surface area (TPSA) is 46.5 Å². The van der Waals surface area contributed by atoms with Crippen LogP contribution in [0.5, 0.6) is 0 Å². The molecule has 1 aromatic carbocycles. The Hall–Kier alpha value is -1.45. The average Bonchev–Trinajstić information content (AvgIpc) is 2.39. The van der Waals surface area contributed by atoms with E-state index in [9.17, 15) is 9.90 Å². The fraction of sp³-hybridized carbons (Fsp3) is 0.471. The van der Waals surface area contributed by atoms with E-state index in [0.717, 1.165) is 17.4 Å². The van der Waals surface area contributed by atoms with Crippen molar-refractivity contribution in [3.05, 3.63) is 47.5 Å². The van der Waals surface area contributed by atoms with Crippen LogP contribution in [0.2, 0.25) is 0 Å². The predicted molar refractivity (Wildman–Crippen MR) is 80.4 cm³/mol. The lowest BCUT2D eigenvalue weighted by Gasteiger charge is -2.23. The number of carbonyl (C=O) groups excluding carboxylic acids is 1. The van der Waals surface area contributed by atoms with Crippen LogP contribution in [0.25, 0.3) is 0 Å². The number of hydrogen-bond acceptors (Lipinski definition) is 3. The van der Waals surface area contributed by atoms with Crippen molar-refractivity contribution in [2.75, 3.05) is 0 Å². The van der Waals surface area contributed by atoms with E-state index in [0.29, 0.717) is 19.4 Å². The van der Waals surface area contributed by atoms with Gasteiger partial charge in [0.1, 0.15) is 6.29 Å². The summed E-state index contributed by atoms with van der Waals surface area (Å²) in [5.41, 5.74) is 1.26. The van der Waals surface area contributed by atoms with Crippen LogP contribution in [0, 0.1) is 0 Å². The Balaban J connectivity index is 2.63. The molecule has 0 spiro atoms. The molecule has 0 aliphatic heterocycles. The molecule has 0 saturated heterocycles. The third-order valence-electron chi connectivity index (χ3n) is 3.15. The molecule has 1 atom stereocenters. The molecular weight excluding hydrogens is 252 g/mol. The first kappa shape index (κ1) is 16.6. The lowest BCUT2D eigenvalue weighted by atomic mass is 9.97. The Bertz CT molecular complexity index is 429. The highest BCUT2D eigenvalue weighted by Crippen LogP contribution is 2.20. The van der Waals surface area contributed by atoms with Crippen LogP contribution in [0.3, 0.4) is 0 Å². The zero-order valence-electron chi connectivity index (χ0n) is 12.5. The van der Waals surface area contributed by atoms with E-state index in [4.69, 9.17) is 4.74 Å². The molecule has 0 radical (unpaired) electrons. The number of rotatable bonds is 8. The molecule has 3 heteroatoms. The van der Waals surface area contributed by atoms with Crippen molar-refractivity contribution in [1.82, 2.24) is 0 Å². The van der Waals surface area contributed by atoms with Gasteiger partial charge in [-0.2, -0.15) is 0 Å². The highest BCUT2D eigenvalue weighted by atomic mass is 16.5. The van der Waals surface area contributed by atoms with Crippen LogP contribution in [0.15, 0.2) is 42.0 Å². The zero-order chi connectivity index (χ0) is 15.0. The van der Waals surface area contributed by atoms with Crippen molar-refractivity contribution >= 4 is 6.29 Å². The molecule has 0 amide bonds. The Morgan fingerprint density at radius 3 is 2.55 bits per heavy atom. The second-order valence-corrected chi connectivity index (χ2v) is 5.68. The molecule has 1 aromatic rings. The first-order valence-electron chi connectivity index (χ1n) is 6.92. The first-order chi connectivity index (χ1) is 9.42. The van der Waals surface area contributed by atoms with Crippen molar-refractivity contribution in [3.63, 3.8) is 0 Å². The van der Waals surface area contributed by atoms with Gasteiger partial charge in [-0.25, -0.2) is 0 Å². The largest absolute Gasteiger partial charge is 0.390 e. The number of aldehydes is 1. The van der Waals surface area contributed by atoms with Crippen molar-refractivity contribution in [2.45, 2.75) is 51.9 Å². The zero-order valence-corrected chi connectivity index (χ0v) is 12.5. The molecule has 0 bridgehead atoms. The molecule has 1 rings (SSSR count). The Morgan fingerprint density at radius 2 is 2.00 bits per heavy atom. The SMILES string of the molecule is C/C(=C\C=O)[C@H](CCC(C)(C)O)OCc1ccccc1. The summed E-state index contributed by atoms with van der Waals surface area (Å²) in [6.45, 7) is 5.94. The minimum absolute atomic E-state index is 0.146. The van der Waals surface area contributed by atoms with Gasteiger partial charge in [-0.15, -0.1) is 0 Å². The van der Waals surface area contributed by atoms with Crippen LogP contribution < -0.4 is 0 Å². The van der Waals surface area contributed by atoms with Gasteiger partial charge in [-0.3, -0.25) is 4.79 Å². The van der Waals surface area contributed by atoms with Crippen molar-refractivity contribution in [1.29, 1.82) is 0 Å². The van der Waals surface area contributed by atoms with Crippen LogP contribution in [0.1, 0.15) is 39.2 Å². The number of carbonyl (C=O) groups is 1. The summed E-state index contributed by atoms with van der Waals surface area (Å²) in [5, 5.41) is 9.82. The maximum absolute atomic E-state index is 10.6. The van der Waals surface area contributed by atoms with Gasteiger partial charge in [0.25, 0.3) is 0 Å². The normalized spacial score (nSPS) is 14.1. The van der Waals surface area contributed by atoms with Gasteiger partial charge in [0.2, 0.25) is 0 Å². The summed E-state index contributed by atoms with van der Waals surface area (Å²) < 4.78 is 5.90. The second-order valence-electron chi connectivity index (χ2n) is 5.68. The fourth-order valence-electron chi connectivity index (χ4n) is 1.91. The molecule has 3 nitrogen and oxygen atoms in total. The Labute approximate surface area is 121 Å². The Kier molecular flexibility index (Phi) is 6.62. The molecule has 0 unspecified atom stereocenters. The molecular formula is C17H24O3. The number of aliphatic hydroxyl groups is 1. The van der Waals surface area contributed by atoms with E-state index in [-0.39, 0.29) is 6.10 Å². The van der Waals surface area contributed by atoms with Crippen LogP contribution in [0.4, 0.5) is 0 Å². The van der Waals surface area contributed by atoms with Gasteiger partial charge in [0.15, 0.2) is 0 Å². The summed E-state index contributed by atoms with van der Waals surface area (Å²) in [5.74, 6) is 0. The highest BCUT2D eigenvalue weighted by molar-refractivity contribution is 5.66. The maximum Gasteiger partial charge on any atom is 0.142 e. The number of allylic oxidation sites excluding steroid dienone is 1. The summed E-state index contributed by atoms with van der Waals surface area (Å²) in [7, 11) is 0. The molecule has 20 heavy (non-hydrogen) atoms. The molecule has 0 saturated carbocycles. The minimum atomic E-state index is -0.726. The predicted octanol–water partition coefficient (Wildman–Crippen LogP) is 3.27. The molecule has 0 aliphatic carbocycles. The lowest BCUT2D eigenvalue weighted by molar-refractivity contribution is -0.104. The van der Waals surface area contributed by atoms with Crippen molar-refractivity contribution in [3.8, 4) is 0 Å². The van der Waals surface area contributed by atoms with Gasteiger partial charge in [0, 0.05) is 0 Å².